The monoisotopic (exact) mass is 375 g/mol. The summed E-state index contributed by atoms with van der Waals surface area (Å²) < 4.78 is 28.6. The first-order valence-electron chi connectivity index (χ1n) is 9.44. The van der Waals surface area contributed by atoms with Crippen molar-refractivity contribution in [2.24, 2.45) is 16.2 Å². The number of hydrogen-bond acceptors (Lipinski definition) is 4. The van der Waals surface area contributed by atoms with E-state index in [9.17, 15) is 13.2 Å². The van der Waals surface area contributed by atoms with E-state index in [1.54, 1.807) is 18.2 Å². The molecule has 140 valence electrons. The van der Waals surface area contributed by atoms with Gasteiger partial charge in [-0.2, -0.15) is 8.42 Å². The van der Waals surface area contributed by atoms with Crippen LogP contribution in [0.2, 0.25) is 0 Å². The topological polar surface area (TPSA) is 70.1 Å². The highest BCUT2D eigenvalue weighted by Gasteiger charge is 2.36. The van der Waals surface area contributed by atoms with Crippen molar-refractivity contribution >= 4 is 21.8 Å². The third-order valence-electron chi connectivity index (χ3n) is 5.78. The highest BCUT2D eigenvalue weighted by atomic mass is 32.2. The van der Waals surface area contributed by atoms with Crippen molar-refractivity contribution in [3.63, 3.8) is 0 Å². The largest absolute Gasteiger partial charge is 0.355 e. The molecule has 26 heavy (non-hydrogen) atoms. The van der Waals surface area contributed by atoms with Gasteiger partial charge in [-0.05, 0) is 43.7 Å². The number of amides is 1. The van der Waals surface area contributed by atoms with Gasteiger partial charge >= 0.3 is 0 Å². The molecule has 2 fully saturated rings. The molecule has 1 aromatic rings. The number of nitrogens with zero attached hydrogens (tertiary/aromatic N) is 3. The van der Waals surface area contributed by atoms with Crippen LogP contribution in [-0.4, -0.2) is 56.1 Å². The maximum atomic E-state index is 12.9. The van der Waals surface area contributed by atoms with Crippen LogP contribution in [0.15, 0.2) is 33.6 Å². The van der Waals surface area contributed by atoms with Gasteiger partial charge in [0.1, 0.15) is 4.90 Å². The van der Waals surface area contributed by atoms with Crippen molar-refractivity contribution in [1.82, 2.24) is 9.80 Å². The second-order valence-corrected chi connectivity index (χ2v) is 9.25. The Balaban J connectivity index is 1.52. The summed E-state index contributed by atoms with van der Waals surface area (Å²) in [4.78, 5) is 17.2. The molecule has 3 aliphatic heterocycles. The number of benzene rings is 1. The number of likely N-dealkylation sites (tertiary alicyclic amines) is 2. The Morgan fingerprint density at radius 3 is 2.62 bits per heavy atom. The molecule has 7 heteroatoms. The highest BCUT2D eigenvalue weighted by Crippen LogP contribution is 2.30. The van der Waals surface area contributed by atoms with Crippen LogP contribution in [0.5, 0.6) is 0 Å². The van der Waals surface area contributed by atoms with E-state index >= 15 is 0 Å². The van der Waals surface area contributed by atoms with Gasteiger partial charge in [0.2, 0.25) is 5.91 Å². The lowest BCUT2D eigenvalue weighted by Crippen LogP contribution is -2.48. The van der Waals surface area contributed by atoms with E-state index in [1.165, 1.54) is 0 Å². The average molecular weight is 375 g/mol. The lowest BCUT2D eigenvalue weighted by molar-refractivity contribution is -0.138. The van der Waals surface area contributed by atoms with Crippen LogP contribution in [0.25, 0.3) is 0 Å². The third-order valence-corrected chi connectivity index (χ3v) is 7.10. The standard InChI is InChI=1S/C19H25N3O3S/c1-14-8-11-21(12-9-14)19(23)15-5-4-10-22(13-15)18-16-6-2-3-7-17(16)26(24,25)20-18/h2-3,6-7,14-15H,4-5,8-13H2,1H3/t15-/m1/s1. The van der Waals surface area contributed by atoms with E-state index < -0.39 is 10.0 Å². The Morgan fingerprint density at radius 1 is 1.12 bits per heavy atom. The number of amidine groups is 1. The minimum atomic E-state index is -3.62. The van der Waals surface area contributed by atoms with Crippen LogP contribution in [0.3, 0.4) is 0 Å². The van der Waals surface area contributed by atoms with Gasteiger partial charge in [-0.1, -0.05) is 19.1 Å². The minimum Gasteiger partial charge on any atom is -0.355 e. The van der Waals surface area contributed by atoms with Gasteiger partial charge in [0.25, 0.3) is 10.0 Å². The van der Waals surface area contributed by atoms with E-state index in [4.69, 9.17) is 0 Å². The first-order chi connectivity index (χ1) is 12.5. The van der Waals surface area contributed by atoms with Crippen molar-refractivity contribution in [3.05, 3.63) is 29.8 Å². The van der Waals surface area contributed by atoms with Crippen LogP contribution in [0.4, 0.5) is 0 Å². The van der Waals surface area contributed by atoms with Crippen molar-refractivity contribution in [2.75, 3.05) is 26.2 Å². The Hall–Kier alpha value is -1.89. The van der Waals surface area contributed by atoms with E-state index in [-0.39, 0.29) is 16.7 Å². The zero-order chi connectivity index (χ0) is 18.3. The summed E-state index contributed by atoms with van der Waals surface area (Å²) in [5, 5.41) is 0. The smallest absolute Gasteiger partial charge is 0.285 e. The number of carbonyl (C=O) groups is 1. The fourth-order valence-electron chi connectivity index (χ4n) is 4.17. The molecule has 0 aromatic heterocycles. The van der Waals surface area contributed by atoms with E-state index in [0.717, 1.165) is 45.3 Å². The maximum Gasteiger partial charge on any atom is 0.285 e. The molecule has 2 saturated heterocycles. The van der Waals surface area contributed by atoms with Gasteiger partial charge < -0.3 is 9.80 Å². The Labute approximate surface area is 154 Å². The van der Waals surface area contributed by atoms with Gasteiger partial charge in [0.15, 0.2) is 5.84 Å². The van der Waals surface area contributed by atoms with Crippen LogP contribution < -0.4 is 0 Å². The molecule has 3 heterocycles. The number of sulfonamides is 1. The molecule has 0 bridgehead atoms. The van der Waals surface area contributed by atoms with Gasteiger partial charge in [-0.15, -0.1) is 4.40 Å². The van der Waals surface area contributed by atoms with Crippen molar-refractivity contribution < 1.29 is 13.2 Å². The molecule has 0 N–H and O–H groups in total. The van der Waals surface area contributed by atoms with Crippen LogP contribution in [0, 0.1) is 11.8 Å². The molecule has 0 radical (unpaired) electrons. The van der Waals surface area contributed by atoms with Crippen LogP contribution in [-0.2, 0) is 14.8 Å². The lowest BCUT2D eigenvalue weighted by Gasteiger charge is -2.38. The van der Waals surface area contributed by atoms with Crippen molar-refractivity contribution in [3.8, 4) is 0 Å². The zero-order valence-corrected chi connectivity index (χ0v) is 15.9. The predicted octanol–water partition coefficient (Wildman–Crippen LogP) is 2.11. The van der Waals surface area contributed by atoms with Gasteiger partial charge in [-0.25, -0.2) is 0 Å². The molecule has 1 atom stereocenters. The first kappa shape index (κ1) is 17.5. The summed E-state index contributed by atoms with van der Waals surface area (Å²) in [5.74, 6) is 1.34. The molecule has 4 rings (SSSR count). The number of piperidine rings is 2. The Bertz CT molecular complexity index is 841. The molecule has 1 amide bonds. The third kappa shape index (κ3) is 3.13. The SMILES string of the molecule is CC1CCN(C(=O)[C@@H]2CCCN(C3=NS(=O)(=O)c4ccccc43)C2)CC1. The number of hydrogen-bond donors (Lipinski definition) is 0. The minimum absolute atomic E-state index is 0.0738. The fourth-order valence-corrected chi connectivity index (χ4v) is 5.40. The summed E-state index contributed by atoms with van der Waals surface area (Å²) in [6, 6.07) is 6.95. The molecule has 6 nitrogen and oxygen atoms in total. The Morgan fingerprint density at radius 2 is 1.85 bits per heavy atom. The van der Waals surface area contributed by atoms with Crippen LogP contribution in [0.1, 0.15) is 38.2 Å². The van der Waals surface area contributed by atoms with Gasteiger partial charge in [0, 0.05) is 31.7 Å². The molecule has 0 aliphatic carbocycles. The summed E-state index contributed by atoms with van der Waals surface area (Å²) in [7, 11) is -3.62. The van der Waals surface area contributed by atoms with Gasteiger partial charge in [0.05, 0.1) is 5.92 Å². The predicted molar refractivity (Wildman–Crippen MR) is 99.4 cm³/mol. The zero-order valence-electron chi connectivity index (χ0n) is 15.1. The van der Waals surface area contributed by atoms with Crippen molar-refractivity contribution in [1.29, 1.82) is 0 Å². The summed E-state index contributed by atoms with van der Waals surface area (Å²) >= 11 is 0. The molecule has 0 unspecified atom stereocenters. The normalized spacial score (nSPS) is 25.7. The number of carbonyl (C=O) groups excluding carboxylic acids is 1. The summed E-state index contributed by atoms with van der Waals surface area (Å²) in [6.45, 7) is 5.21. The molecule has 0 spiro atoms. The molecule has 1 aromatic carbocycles. The number of rotatable bonds is 1. The summed E-state index contributed by atoms with van der Waals surface area (Å²) in [5.41, 5.74) is 0.660. The Kier molecular flexibility index (Phi) is 4.50. The van der Waals surface area contributed by atoms with E-state index in [1.807, 2.05) is 15.9 Å². The second-order valence-electron chi connectivity index (χ2n) is 7.68. The highest BCUT2D eigenvalue weighted by molar-refractivity contribution is 7.90. The molecular weight excluding hydrogens is 350 g/mol. The summed E-state index contributed by atoms with van der Waals surface area (Å²) in [6.07, 6.45) is 3.88. The quantitative estimate of drug-likeness (QED) is 0.754. The molecule has 0 saturated carbocycles. The maximum absolute atomic E-state index is 12.9. The van der Waals surface area contributed by atoms with E-state index in [2.05, 4.69) is 11.3 Å². The molecular formula is C19H25N3O3S. The number of fused-ring (bicyclic) bond motifs is 1. The second kappa shape index (κ2) is 6.68. The van der Waals surface area contributed by atoms with Crippen LogP contribution >= 0.6 is 0 Å². The average Bonchev–Trinajstić information content (AvgIpc) is 2.94. The van der Waals surface area contributed by atoms with Crippen molar-refractivity contribution in [2.45, 2.75) is 37.5 Å². The molecule has 3 aliphatic rings. The lowest BCUT2D eigenvalue weighted by atomic mass is 9.93. The fraction of sp³-hybridized carbons (Fsp3) is 0.579. The van der Waals surface area contributed by atoms with Gasteiger partial charge in [-0.3, -0.25) is 4.79 Å². The van der Waals surface area contributed by atoms with E-state index in [0.29, 0.717) is 23.9 Å². The first-order valence-corrected chi connectivity index (χ1v) is 10.9.